The summed E-state index contributed by atoms with van der Waals surface area (Å²) in [7, 11) is 0. The van der Waals surface area contributed by atoms with Crippen LogP contribution in [0, 0.1) is 11.3 Å². The zero-order chi connectivity index (χ0) is 17.5. The zero-order valence-electron chi connectivity index (χ0n) is 13.2. The lowest BCUT2D eigenvalue weighted by molar-refractivity contribution is -0.137. The van der Waals surface area contributed by atoms with Crippen molar-refractivity contribution in [1.82, 2.24) is 5.32 Å². The first-order valence-corrected chi connectivity index (χ1v) is 7.46. The molecule has 0 heterocycles. The number of amides is 1. The maximum Gasteiger partial charge on any atom is 0.417 e. The maximum absolute atomic E-state index is 13.0. The van der Waals surface area contributed by atoms with Crippen LogP contribution in [-0.4, -0.2) is 25.5 Å². The molecule has 0 saturated carbocycles. The molecule has 0 saturated heterocycles. The Morgan fingerprint density at radius 2 is 2.00 bits per heavy atom. The molecule has 0 aliphatic carbocycles. The van der Waals surface area contributed by atoms with E-state index in [1.807, 2.05) is 13.8 Å². The summed E-state index contributed by atoms with van der Waals surface area (Å²) >= 11 is 0. The van der Waals surface area contributed by atoms with Gasteiger partial charge in [0.15, 0.2) is 0 Å². The molecule has 0 radical (unpaired) electrons. The van der Waals surface area contributed by atoms with Crippen molar-refractivity contribution in [3.05, 3.63) is 29.3 Å². The second-order valence-corrected chi connectivity index (χ2v) is 5.11. The molecule has 0 aliphatic rings. The van der Waals surface area contributed by atoms with Gasteiger partial charge in [0.2, 0.25) is 5.91 Å². The highest BCUT2D eigenvalue weighted by atomic mass is 19.4. The second-order valence-electron chi connectivity index (χ2n) is 5.11. The van der Waals surface area contributed by atoms with Crippen LogP contribution in [0.2, 0.25) is 0 Å². The van der Waals surface area contributed by atoms with Gasteiger partial charge < -0.3 is 10.2 Å². The van der Waals surface area contributed by atoms with Crippen molar-refractivity contribution in [3.8, 4) is 6.07 Å². The van der Waals surface area contributed by atoms with Crippen LogP contribution in [0.5, 0.6) is 0 Å². The van der Waals surface area contributed by atoms with Crippen molar-refractivity contribution in [3.63, 3.8) is 0 Å². The van der Waals surface area contributed by atoms with E-state index in [1.165, 1.54) is 6.07 Å². The Kier molecular flexibility index (Phi) is 6.89. The minimum atomic E-state index is -4.61. The number of alkyl halides is 3. The quantitative estimate of drug-likeness (QED) is 0.836. The number of anilines is 1. The van der Waals surface area contributed by atoms with Gasteiger partial charge in [0.1, 0.15) is 0 Å². The van der Waals surface area contributed by atoms with Crippen molar-refractivity contribution in [2.45, 2.75) is 32.9 Å². The Labute approximate surface area is 133 Å². The van der Waals surface area contributed by atoms with Crippen molar-refractivity contribution in [2.75, 3.05) is 24.5 Å². The number of benzene rings is 1. The molecule has 0 fully saturated rings. The molecule has 1 aromatic carbocycles. The van der Waals surface area contributed by atoms with Gasteiger partial charge in [-0.3, -0.25) is 4.79 Å². The highest BCUT2D eigenvalue weighted by molar-refractivity contribution is 5.81. The fraction of sp³-hybridized carbons (Fsp3) is 0.500. The largest absolute Gasteiger partial charge is 0.417 e. The Hall–Kier alpha value is -2.23. The number of hydrogen-bond donors (Lipinski definition) is 1. The number of rotatable bonds is 7. The average molecular weight is 327 g/mol. The van der Waals surface area contributed by atoms with Crippen molar-refractivity contribution >= 4 is 11.6 Å². The van der Waals surface area contributed by atoms with Crippen LogP contribution in [0.4, 0.5) is 18.9 Å². The summed E-state index contributed by atoms with van der Waals surface area (Å²) in [6.07, 6.45) is -3.14. The van der Waals surface area contributed by atoms with Crippen molar-refractivity contribution in [2.24, 2.45) is 0 Å². The molecule has 23 heavy (non-hydrogen) atoms. The van der Waals surface area contributed by atoms with E-state index in [9.17, 15) is 18.0 Å². The maximum atomic E-state index is 13.0. The van der Waals surface area contributed by atoms with E-state index in [0.717, 1.165) is 18.6 Å². The number of halogens is 3. The highest BCUT2D eigenvalue weighted by Gasteiger charge is 2.34. The number of carbonyl (C=O) groups excluding carboxylic acids is 1. The molecule has 1 N–H and O–H groups in total. The molecular formula is C16H20F3N3O. The van der Waals surface area contributed by atoms with E-state index < -0.39 is 17.3 Å². The molecule has 126 valence electrons. The van der Waals surface area contributed by atoms with Crippen LogP contribution in [0.15, 0.2) is 18.2 Å². The predicted octanol–water partition coefficient (Wildman–Crippen LogP) is 3.32. The fourth-order valence-corrected chi connectivity index (χ4v) is 2.12. The van der Waals surface area contributed by atoms with Crippen molar-refractivity contribution < 1.29 is 18.0 Å². The summed E-state index contributed by atoms with van der Waals surface area (Å²) in [5.74, 6) is -0.238. The molecule has 0 spiro atoms. The van der Waals surface area contributed by atoms with Crippen LogP contribution in [0.1, 0.15) is 37.8 Å². The van der Waals surface area contributed by atoms with Gasteiger partial charge >= 0.3 is 6.18 Å². The third-order valence-electron chi connectivity index (χ3n) is 3.19. The average Bonchev–Trinajstić information content (AvgIpc) is 2.51. The number of carbonyl (C=O) groups is 1. The van der Waals surface area contributed by atoms with Crippen LogP contribution < -0.4 is 10.2 Å². The Bertz CT molecular complexity index is 579. The zero-order valence-corrected chi connectivity index (χ0v) is 13.2. The lowest BCUT2D eigenvalue weighted by atomic mass is 10.1. The van der Waals surface area contributed by atoms with Gasteiger partial charge in [-0.25, -0.2) is 0 Å². The first-order valence-electron chi connectivity index (χ1n) is 7.46. The molecule has 0 atom stereocenters. The van der Waals surface area contributed by atoms with Gasteiger partial charge in [-0.2, -0.15) is 18.4 Å². The van der Waals surface area contributed by atoms with Gasteiger partial charge in [0.05, 0.1) is 23.7 Å². The smallest absolute Gasteiger partial charge is 0.362 e. The van der Waals surface area contributed by atoms with E-state index in [2.05, 4.69) is 5.32 Å². The van der Waals surface area contributed by atoms with E-state index in [-0.39, 0.29) is 18.1 Å². The van der Waals surface area contributed by atoms with Gasteiger partial charge in [0, 0.05) is 18.8 Å². The lowest BCUT2D eigenvalue weighted by Gasteiger charge is -2.25. The molecule has 0 aromatic heterocycles. The fourth-order valence-electron chi connectivity index (χ4n) is 2.12. The third-order valence-corrected chi connectivity index (χ3v) is 3.19. The first kappa shape index (κ1) is 18.8. The van der Waals surface area contributed by atoms with Crippen LogP contribution >= 0.6 is 0 Å². The van der Waals surface area contributed by atoms with Crippen LogP contribution in [-0.2, 0) is 11.0 Å². The molecular weight excluding hydrogens is 307 g/mol. The predicted molar refractivity (Wildman–Crippen MR) is 82.0 cm³/mol. The van der Waals surface area contributed by atoms with Crippen molar-refractivity contribution in [1.29, 1.82) is 5.26 Å². The molecule has 1 amide bonds. The summed E-state index contributed by atoms with van der Waals surface area (Å²) in [5.41, 5.74) is -1.12. The standard InChI is InChI=1S/C16H20F3N3O/c1-3-7-21-15(23)11-22(8-4-2)13-6-5-12(10-20)14(9-13)16(17,18)19/h5-6,9H,3-4,7-8,11H2,1-2H3,(H,21,23). The minimum absolute atomic E-state index is 0.0168. The number of nitrogens with zero attached hydrogens (tertiary/aromatic N) is 2. The number of nitrogens with one attached hydrogen (secondary N) is 1. The van der Waals surface area contributed by atoms with Gasteiger partial charge in [-0.05, 0) is 31.0 Å². The summed E-state index contributed by atoms with van der Waals surface area (Å²) in [6.45, 7) is 4.76. The van der Waals surface area contributed by atoms with Gasteiger partial charge in [-0.15, -0.1) is 0 Å². The minimum Gasteiger partial charge on any atom is -0.362 e. The highest BCUT2D eigenvalue weighted by Crippen LogP contribution is 2.34. The molecule has 0 aliphatic heterocycles. The number of nitriles is 1. The van der Waals surface area contributed by atoms with E-state index in [0.29, 0.717) is 19.5 Å². The monoisotopic (exact) mass is 327 g/mol. The van der Waals surface area contributed by atoms with Gasteiger partial charge in [0.25, 0.3) is 0 Å². The topological polar surface area (TPSA) is 56.1 Å². The van der Waals surface area contributed by atoms with E-state index >= 15 is 0 Å². The molecule has 4 nitrogen and oxygen atoms in total. The second kappa shape index (κ2) is 8.42. The lowest BCUT2D eigenvalue weighted by Crippen LogP contribution is -2.38. The summed E-state index contributed by atoms with van der Waals surface area (Å²) in [6, 6.07) is 5.07. The van der Waals surface area contributed by atoms with E-state index in [4.69, 9.17) is 5.26 Å². The molecule has 7 heteroatoms. The first-order chi connectivity index (χ1) is 10.8. The summed E-state index contributed by atoms with van der Waals surface area (Å²) in [4.78, 5) is 13.4. The molecule has 1 rings (SSSR count). The normalized spacial score (nSPS) is 11.0. The van der Waals surface area contributed by atoms with Crippen LogP contribution in [0.3, 0.4) is 0 Å². The molecule has 1 aromatic rings. The Morgan fingerprint density at radius 3 is 2.52 bits per heavy atom. The molecule has 0 bridgehead atoms. The number of hydrogen-bond acceptors (Lipinski definition) is 3. The van der Waals surface area contributed by atoms with Crippen LogP contribution in [0.25, 0.3) is 0 Å². The van der Waals surface area contributed by atoms with Gasteiger partial charge in [-0.1, -0.05) is 13.8 Å². The Morgan fingerprint density at radius 1 is 1.30 bits per heavy atom. The summed E-state index contributed by atoms with van der Waals surface area (Å²) < 4.78 is 39.1. The van der Waals surface area contributed by atoms with E-state index in [1.54, 1.807) is 11.0 Å². The molecule has 0 unspecified atom stereocenters. The Balaban J connectivity index is 3.08. The summed E-state index contributed by atoms with van der Waals surface area (Å²) in [5, 5.41) is 11.5. The third kappa shape index (κ3) is 5.47. The SMILES string of the molecule is CCCNC(=O)CN(CCC)c1ccc(C#N)c(C(F)(F)F)c1.